The molecular weight excluding hydrogens is 398 g/mol. The van der Waals surface area contributed by atoms with E-state index in [1.807, 2.05) is 36.4 Å². The van der Waals surface area contributed by atoms with Gasteiger partial charge in [-0.1, -0.05) is 18.2 Å². The van der Waals surface area contributed by atoms with E-state index >= 15 is 0 Å². The maximum Gasteiger partial charge on any atom is 0.265 e. The van der Waals surface area contributed by atoms with Gasteiger partial charge in [-0.05, 0) is 53.9 Å². The lowest BCUT2D eigenvalue weighted by Gasteiger charge is -2.07. The summed E-state index contributed by atoms with van der Waals surface area (Å²) in [7, 11) is 0. The van der Waals surface area contributed by atoms with Crippen LogP contribution in [0.2, 0.25) is 0 Å². The molecule has 2 aromatic carbocycles. The number of carbonyl (C=O) groups is 1. The van der Waals surface area contributed by atoms with Crippen molar-refractivity contribution in [3.63, 3.8) is 0 Å². The smallest absolute Gasteiger partial charge is 0.265 e. The van der Waals surface area contributed by atoms with Crippen molar-refractivity contribution < 1.29 is 9.53 Å². The molecule has 1 amide bonds. The number of fused-ring (bicyclic) bond motifs is 1. The van der Waals surface area contributed by atoms with Crippen LogP contribution in [0.1, 0.15) is 9.67 Å². The number of anilines is 1. The molecule has 0 fully saturated rings. The summed E-state index contributed by atoms with van der Waals surface area (Å²) < 4.78 is 8.43. The highest BCUT2D eigenvalue weighted by Crippen LogP contribution is 2.27. The van der Waals surface area contributed by atoms with Crippen LogP contribution >= 0.6 is 11.3 Å². The largest absolute Gasteiger partial charge is 0.438 e. The Labute approximate surface area is 175 Å². The van der Waals surface area contributed by atoms with Gasteiger partial charge in [-0.3, -0.25) is 4.79 Å². The van der Waals surface area contributed by atoms with E-state index in [1.54, 1.807) is 53.5 Å². The van der Waals surface area contributed by atoms with Crippen molar-refractivity contribution in [2.75, 3.05) is 5.32 Å². The van der Waals surface area contributed by atoms with E-state index in [-0.39, 0.29) is 5.91 Å². The van der Waals surface area contributed by atoms with E-state index in [0.29, 0.717) is 28.0 Å². The van der Waals surface area contributed by atoms with Crippen LogP contribution in [-0.2, 0) is 0 Å². The van der Waals surface area contributed by atoms with Crippen LogP contribution in [0.3, 0.4) is 0 Å². The number of hydrogen-bond acceptors (Lipinski definition) is 6. The minimum absolute atomic E-state index is 0.134. The quantitative estimate of drug-likeness (QED) is 0.442. The van der Waals surface area contributed by atoms with Crippen molar-refractivity contribution in [2.45, 2.75) is 0 Å². The molecular formula is C22H15N5O2S. The van der Waals surface area contributed by atoms with E-state index in [1.165, 1.54) is 11.3 Å². The summed E-state index contributed by atoms with van der Waals surface area (Å²) >= 11 is 1.47. The van der Waals surface area contributed by atoms with Gasteiger partial charge in [0, 0.05) is 28.8 Å². The molecule has 0 radical (unpaired) electrons. The van der Waals surface area contributed by atoms with Gasteiger partial charge in [0.15, 0.2) is 5.82 Å². The Bertz CT molecular complexity index is 1260. The molecule has 0 aliphatic heterocycles. The third-order valence-electron chi connectivity index (χ3n) is 4.35. The number of rotatable bonds is 5. The number of amides is 1. The summed E-state index contributed by atoms with van der Waals surface area (Å²) in [6, 6.07) is 22.2. The topological polar surface area (TPSA) is 81.9 Å². The van der Waals surface area contributed by atoms with E-state index in [9.17, 15) is 4.79 Å². The molecule has 1 N–H and O–H groups in total. The fraction of sp³-hybridized carbons (Fsp3) is 0. The summed E-state index contributed by atoms with van der Waals surface area (Å²) in [5.41, 5.74) is 0.685. The molecule has 0 saturated carbocycles. The zero-order chi connectivity index (χ0) is 20.3. The van der Waals surface area contributed by atoms with Crippen LogP contribution < -0.4 is 10.1 Å². The Morgan fingerprint density at radius 2 is 1.83 bits per heavy atom. The first-order valence-electron chi connectivity index (χ1n) is 9.16. The number of nitrogens with zero attached hydrogens (tertiary/aromatic N) is 4. The molecule has 146 valence electrons. The van der Waals surface area contributed by atoms with Crippen molar-refractivity contribution in [2.24, 2.45) is 0 Å². The molecule has 5 rings (SSSR count). The lowest BCUT2D eigenvalue weighted by atomic mass is 10.2. The molecule has 30 heavy (non-hydrogen) atoms. The van der Waals surface area contributed by atoms with Gasteiger partial charge in [-0.2, -0.15) is 5.10 Å². The van der Waals surface area contributed by atoms with Crippen LogP contribution in [0.4, 0.5) is 5.69 Å². The first kappa shape index (κ1) is 18.0. The molecule has 0 unspecified atom stereocenters. The Morgan fingerprint density at radius 3 is 2.57 bits per heavy atom. The molecule has 3 heterocycles. The van der Waals surface area contributed by atoms with Crippen LogP contribution in [-0.4, -0.2) is 25.9 Å². The van der Waals surface area contributed by atoms with Gasteiger partial charge < -0.3 is 10.1 Å². The third kappa shape index (κ3) is 3.76. The number of ether oxygens (including phenoxy) is 1. The highest BCUT2D eigenvalue weighted by Gasteiger charge is 2.10. The van der Waals surface area contributed by atoms with E-state index < -0.39 is 0 Å². The summed E-state index contributed by atoms with van der Waals surface area (Å²) in [4.78, 5) is 13.2. The van der Waals surface area contributed by atoms with E-state index in [0.717, 1.165) is 10.1 Å². The maximum atomic E-state index is 12.5. The molecule has 3 aromatic heterocycles. The van der Waals surface area contributed by atoms with Gasteiger partial charge in [-0.15, -0.1) is 21.5 Å². The first-order valence-corrected chi connectivity index (χ1v) is 9.98. The molecule has 0 saturated heterocycles. The molecule has 0 atom stereocenters. The predicted octanol–water partition coefficient (Wildman–Crippen LogP) is 4.92. The second kappa shape index (κ2) is 7.76. The number of thiophene rings is 1. The molecule has 0 aliphatic rings. The number of carbonyl (C=O) groups excluding carboxylic acids is 1. The maximum absolute atomic E-state index is 12.5. The summed E-state index contributed by atoms with van der Waals surface area (Å²) in [5.74, 6) is 1.43. The standard InChI is InChI=1S/C22H15N5O2S/c28-22(19-14-15-4-1-2-5-18(15)30-19)24-16-6-8-17(9-7-16)29-21-11-10-20(25-26-21)27-13-3-12-23-27/h1-14H,(H,24,28). The second-order valence-electron chi connectivity index (χ2n) is 6.41. The molecule has 0 spiro atoms. The molecule has 0 aliphatic carbocycles. The van der Waals surface area contributed by atoms with Crippen molar-refractivity contribution in [3.05, 3.63) is 90.1 Å². The summed E-state index contributed by atoms with van der Waals surface area (Å²) in [5, 5.41) is 16.2. The van der Waals surface area contributed by atoms with Crippen LogP contribution in [0.25, 0.3) is 15.9 Å². The Balaban J connectivity index is 1.24. The average molecular weight is 413 g/mol. The summed E-state index contributed by atoms with van der Waals surface area (Å²) in [6.45, 7) is 0. The first-order chi connectivity index (χ1) is 14.7. The SMILES string of the molecule is O=C(Nc1ccc(Oc2ccc(-n3cccn3)nn2)cc1)c1cc2ccccc2s1. The molecule has 0 bridgehead atoms. The van der Waals surface area contributed by atoms with Crippen molar-refractivity contribution >= 4 is 33.0 Å². The molecule has 8 heteroatoms. The van der Waals surface area contributed by atoms with Gasteiger partial charge in [0.2, 0.25) is 5.88 Å². The van der Waals surface area contributed by atoms with Gasteiger partial charge in [0.05, 0.1) is 4.88 Å². The lowest BCUT2D eigenvalue weighted by molar-refractivity contribution is 0.103. The van der Waals surface area contributed by atoms with Gasteiger partial charge >= 0.3 is 0 Å². The number of nitrogens with one attached hydrogen (secondary N) is 1. The average Bonchev–Trinajstić information content (AvgIpc) is 3.46. The fourth-order valence-electron chi connectivity index (χ4n) is 2.91. The highest BCUT2D eigenvalue weighted by atomic mass is 32.1. The van der Waals surface area contributed by atoms with Crippen LogP contribution in [0, 0.1) is 0 Å². The highest BCUT2D eigenvalue weighted by molar-refractivity contribution is 7.20. The van der Waals surface area contributed by atoms with E-state index in [4.69, 9.17) is 4.74 Å². The molecule has 5 aromatic rings. The Kier molecular flexibility index (Phi) is 4.66. The number of aromatic nitrogens is 4. The van der Waals surface area contributed by atoms with Crippen molar-refractivity contribution in [3.8, 4) is 17.4 Å². The minimum atomic E-state index is -0.134. The molecule has 7 nitrogen and oxygen atoms in total. The second-order valence-corrected chi connectivity index (χ2v) is 7.49. The minimum Gasteiger partial charge on any atom is -0.438 e. The predicted molar refractivity (Wildman–Crippen MR) is 115 cm³/mol. The van der Waals surface area contributed by atoms with Crippen LogP contribution in [0.15, 0.2) is 85.2 Å². The number of benzene rings is 2. The lowest BCUT2D eigenvalue weighted by Crippen LogP contribution is -2.09. The zero-order valence-corrected chi connectivity index (χ0v) is 16.4. The Hall–Kier alpha value is -4.04. The Morgan fingerprint density at radius 1 is 0.967 bits per heavy atom. The van der Waals surface area contributed by atoms with Crippen molar-refractivity contribution in [1.82, 2.24) is 20.0 Å². The van der Waals surface area contributed by atoms with Crippen LogP contribution in [0.5, 0.6) is 11.6 Å². The zero-order valence-electron chi connectivity index (χ0n) is 15.6. The van der Waals surface area contributed by atoms with Crippen molar-refractivity contribution in [1.29, 1.82) is 0 Å². The summed E-state index contributed by atoms with van der Waals surface area (Å²) in [6.07, 6.45) is 3.46. The number of hydrogen-bond donors (Lipinski definition) is 1. The van der Waals surface area contributed by atoms with E-state index in [2.05, 4.69) is 20.6 Å². The monoisotopic (exact) mass is 413 g/mol. The van der Waals surface area contributed by atoms with Gasteiger partial charge in [0.25, 0.3) is 5.91 Å². The third-order valence-corrected chi connectivity index (χ3v) is 5.46. The fourth-order valence-corrected chi connectivity index (χ4v) is 3.87. The van der Waals surface area contributed by atoms with Gasteiger partial charge in [0.1, 0.15) is 5.75 Å². The van der Waals surface area contributed by atoms with Gasteiger partial charge in [-0.25, -0.2) is 4.68 Å². The normalized spacial score (nSPS) is 10.8.